The molecule has 0 saturated heterocycles. The fourth-order valence-corrected chi connectivity index (χ4v) is 2.93. The Bertz CT molecular complexity index is 749. The summed E-state index contributed by atoms with van der Waals surface area (Å²) in [6, 6.07) is 10.1. The van der Waals surface area contributed by atoms with Crippen molar-refractivity contribution in [2.75, 3.05) is 7.11 Å². The molecule has 0 unspecified atom stereocenters. The molecule has 0 N–H and O–H groups in total. The molecule has 2 heterocycles. The molecule has 3 aromatic rings. The minimum atomic E-state index is 0.362. The topological polar surface area (TPSA) is 50.3 Å². The molecule has 0 saturated carbocycles. The SMILES string of the molecule is COc1ccc(-c2csc3ncc(CC#N)n23)cc1. The minimum absolute atomic E-state index is 0.362. The van der Waals surface area contributed by atoms with Gasteiger partial charge in [-0.1, -0.05) is 0 Å². The average Bonchev–Trinajstić information content (AvgIpc) is 3.02. The van der Waals surface area contributed by atoms with Gasteiger partial charge in [0.15, 0.2) is 4.96 Å². The standard InChI is InChI=1S/C14H11N3OS/c1-18-12-4-2-10(3-5-12)13-9-19-14-16-8-11(6-7-15)17(13)14/h2-5,8-9H,6H2,1H3. The van der Waals surface area contributed by atoms with Crippen LogP contribution in [0.1, 0.15) is 5.69 Å². The Morgan fingerprint density at radius 3 is 2.84 bits per heavy atom. The Morgan fingerprint density at radius 2 is 2.16 bits per heavy atom. The number of imidazole rings is 1. The average molecular weight is 269 g/mol. The van der Waals surface area contributed by atoms with Gasteiger partial charge in [0, 0.05) is 5.38 Å². The van der Waals surface area contributed by atoms with Gasteiger partial charge >= 0.3 is 0 Å². The van der Waals surface area contributed by atoms with Crippen LogP contribution in [0.15, 0.2) is 35.8 Å². The maximum Gasteiger partial charge on any atom is 0.194 e. The van der Waals surface area contributed by atoms with Crippen LogP contribution in [0.4, 0.5) is 0 Å². The van der Waals surface area contributed by atoms with Gasteiger partial charge < -0.3 is 4.74 Å². The summed E-state index contributed by atoms with van der Waals surface area (Å²) in [6.45, 7) is 0. The molecule has 0 aliphatic heterocycles. The lowest BCUT2D eigenvalue weighted by molar-refractivity contribution is 0.415. The number of methoxy groups -OCH3 is 1. The van der Waals surface area contributed by atoms with Crippen molar-refractivity contribution in [3.63, 3.8) is 0 Å². The van der Waals surface area contributed by atoms with E-state index < -0.39 is 0 Å². The highest BCUT2D eigenvalue weighted by Crippen LogP contribution is 2.28. The molecule has 4 nitrogen and oxygen atoms in total. The lowest BCUT2D eigenvalue weighted by Gasteiger charge is -2.04. The van der Waals surface area contributed by atoms with Gasteiger partial charge in [0.1, 0.15) is 5.75 Å². The van der Waals surface area contributed by atoms with E-state index in [-0.39, 0.29) is 0 Å². The highest BCUT2D eigenvalue weighted by atomic mass is 32.1. The number of nitrogens with zero attached hydrogens (tertiary/aromatic N) is 3. The van der Waals surface area contributed by atoms with Gasteiger partial charge in [-0.2, -0.15) is 5.26 Å². The molecule has 0 bridgehead atoms. The quantitative estimate of drug-likeness (QED) is 0.734. The molecule has 3 rings (SSSR count). The number of hydrogen-bond donors (Lipinski definition) is 0. The first kappa shape index (κ1) is 11.8. The minimum Gasteiger partial charge on any atom is -0.497 e. The van der Waals surface area contributed by atoms with Crippen molar-refractivity contribution in [1.29, 1.82) is 5.26 Å². The molecule has 5 heteroatoms. The molecule has 0 radical (unpaired) electrons. The van der Waals surface area contributed by atoms with Crippen molar-refractivity contribution >= 4 is 16.3 Å². The van der Waals surface area contributed by atoms with Gasteiger partial charge in [-0.05, 0) is 29.8 Å². The predicted molar refractivity (Wildman–Crippen MR) is 74.4 cm³/mol. The second kappa shape index (κ2) is 4.75. The van der Waals surface area contributed by atoms with E-state index in [4.69, 9.17) is 10.00 Å². The van der Waals surface area contributed by atoms with E-state index in [1.807, 2.05) is 28.7 Å². The summed E-state index contributed by atoms with van der Waals surface area (Å²) < 4.78 is 7.20. The summed E-state index contributed by atoms with van der Waals surface area (Å²) >= 11 is 1.58. The van der Waals surface area contributed by atoms with E-state index in [1.165, 1.54) is 0 Å². The first-order valence-electron chi connectivity index (χ1n) is 5.78. The van der Waals surface area contributed by atoms with Crippen LogP contribution in [0.25, 0.3) is 16.2 Å². The number of hydrogen-bond acceptors (Lipinski definition) is 4. The predicted octanol–water partition coefficient (Wildman–Crippen LogP) is 3.14. The summed E-state index contributed by atoms with van der Waals surface area (Å²) in [5, 5.41) is 10.9. The van der Waals surface area contributed by atoms with Crippen LogP contribution in [0.2, 0.25) is 0 Å². The molecule has 0 atom stereocenters. The van der Waals surface area contributed by atoms with Crippen LogP contribution >= 0.6 is 11.3 Å². The van der Waals surface area contributed by atoms with Crippen molar-refractivity contribution in [2.24, 2.45) is 0 Å². The third kappa shape index (κ3) is 1.96. The van der Waals surface area contributed by atoms with E-state index in [1.54, 1.807) is 24.6 Å². The molecule has 2 aromatic heterocycles. The van der Waals surface area contributed by atoms with Crippen molar-refractivity contribution in [3.8, 4) is 23.1 Å². The Hall–Kier alpha value is -2.32. The van der Waals surface area contributed by atoms with Gasteiger partial charge in [0.25, 0.3) is 0 Å². The third-order valence-corrected chi connectivity index (χ3v) is 3.81. The van der Waals surface area contributed by atoms with Crippen molar-refractivity contribution in [3.05, 3.63) is 41.5 Å². The van der Waals surface area contributed by atoms with Crippen LogP contribution in [-0.2, 0) is 6.42 Å². The number of benzene rings is 1. The summed E-state index contributed by atoms with van der Waals surface area (Å²) in [4.78, 5) is 5.24. The molecular formula is C14H11N3OS. The third-order valence-electron chi connectivity index (χ3n) is 2.97. The largest absolute Gasteiger partial charge is 0.497 e. The second-order valence-electron chi connectivity index (χ2n) is 4.05. The van der Waals surface area contributed by atoms with Gasteiger partial charge in [0.2, 0.25) is 0 Å². The van der Waals surface area contributed by atoms with Crippen LogP contribution < -0.4 is 4.74 Å². The number of ether oxygens (including phenoxy) is 1. The molecule has 94 valence electrons. The van der Waals surface area contributed by atoms with E-state index in [0.29, 0.717) is 6.42 Å². The van der Waals surface area contributed by atoms with Crippen LogP contribution in [0, 0.1) is 11.3 Å². The van der Waals surface area contributed by atoms with Gasteiger partial charge in [-0.3, -0.25) is 4.40 Å². The van der Waals surface area contributed by atoms with Crippen LogP contribution in [-0.4, -0.2) is 16.5 Å². The summed E-state index contributed by atoms with van der Waals surface area (Å²) in [5.41, 5.74) is 3.07. The molecule has 0 fully saturated rings. The Kier molecular flexibility index (Phi) is 2.94. The first-order valence-corrected chi connectivity index (χ1v) is 6.66. The molecular weight excluding hydrogens is 258 g/mol. The number of thiazole rings is 1. The zero-order valence-electron chi connectivity index (χ0n) is 10.3. The summed E-state index contributed by atoms with van der Waals surface area (Å²) in [5.74, 6) is 0.832. The maximum atomic E-state index is 8.86. The Labute approximate surface area is 114 Å². The van der Waals surface area contributed by atoms with E-state index >= 15 is 0 Å². The highest BCUT2D eigenvalue weighted by molar-refractivity contribution is 7.15. The number of fused-ring (bicyclic) bond motifs is 1. The van der Waals surface area contributed by atoms with E-state index in [9.17, 15) is 0 Å². The molecule has 0 aliphatic rings. The van der Waals surface area contributed by atoms with E-state index in [2.05, 4.69) is 16.4 Å². The van der Waals surface area contributed by atoms with Crippen molar-refractivity contribution in [1.82, 2.24) is 9.38 Å². The Balaban J connectivity index is 2.13. The zero-order valence-corrected chi connectivity index (χ0v) is 11.1. The number of aromatic nitrogens is 2. The zero-order chi connectivity index (χ0) is 13.2. The highest BCUT2D eigenvalue weighted by Gasteiger charge is 2.11. The fraction of sp³-hybridized carbons (Fsp3) is 0.143. The summed E-state index contributed by atoms with van der Waals surface area (Å²) in [7, 11) is 1.65. The van der Waals surface area contributed by atoms with Crippen LogP contribution in [0.5, 0.6) is 5.75 Å². The molecule has 0 aliphatic carbocycles. The lowest BCUT2D eigenvalue weighted by atomic mass is 10.1. The fourth-order valence-electron chi connectivity index (χ4n) is 2.03. The molecule has 1 aromatic carbocycles. The molecule has 19 heavy (non-hydrogen) atoms. The number of nitriles is 1. The van der Waals surface area contributed by atoms with Crippen molar-refractivity contribution in [2.45, 2.75) is 6.42 Å². The van der Waals surface area contributed by atoms with Gasteiger partial charge in [-0.25, -0.2) is 4.98 Å². The lowest BCUT2D eigenvalue weighted by Crippen LogP contribution is -1.92. The Morgan fingerprint density at radius 1 is 1.37 bits per heavy atom. The first-order chi connectivity index (χ1) is 9.33. The number of rotatable bonds is 3. The summed E-state index contributed by atoms with van der Waals surface area (Å²) in [6.07, 6.45) is 2.13. The smallest absolute Gasteiger partial charge is 0.194 e. The molecule has 0 spiro atoms. The normalized spacial score (nSPS) is 10.5. The van der Waals surface area contributed by atoms with Crippen LogP contribution in [0.3, 0.4) is 0 Å². The van der Waals surface area contributed by atoms with Gasteiger partial charge in [-0.15, -0.1) is 11.3 Å². The van der Waals surface area contributed by atoms with E-state index in [0.717, 1.165) is 27.7 Å². The molecule has 0 amide bonds. The maximum absolute atomic E-state index is 8.86. The monoisotopic (exact) mass is 269 g/mol. The van der Waals surface area contributed by atoms with Crippen molar-refractivity contribution < 1.29 is 4.74 Å². The van der Waals surface area contributed by atoms with Gasteiger partial charge in [0.05, 0.1) is 37.2 Å². The second-order valence-corrected chi connectivity index (χ2v) is 4.89.